The first-order valence-corrected chi connectivity index (χ1v) is 5.11. The number of hydrogen-bond donors (Lipinski definition) is 1. The Bertz CT molecular complexity index is 287. The Labute approximate surface area is 89.5 Å². The topological polar surface area (TPSA) is 29.5 Å². The summed E-state index contributed by atoms with van der Waals surface area (Å²) in [4.78, 5) is 0. The smallest absolute Gasteiger partial charge is 0.121 e. The molecule has 1 N–H and O–H groups in total. The highest BCUT2D eigenvalue weighted by molar-refractivity contribution is 6.17. The van der Waals surface area contributed by atoms with Crippen LogP contribution in [0.1, 0.15) is 16.7 Å². The molecule has 0 unspecified atom stereocenters. The molecule has 2 nitrogen and oxygen atoms in total. The molecule has 1 aromatic carbocycles. The van der Waals surface area contributed by atoms with E-state index >= 15 is 0 Å². The highest BCUT2D eigenvalue weighted by atomic mass is 35.5. The SMILES string of the molecule is Cc1cc(COCCCl)cc(C)c1O. The van der Waals surface area contributed by atoms with Crippen molar-refractivity contribution in [2.24, 2.45) is 0 Å². The van der Waals surface area contributed by atoms with Gasteiger partial charge in [0, 0.05) is 5.88 Å². The van der Waals surface area contributed by atoms with Gasteiger partial charge in [-0.25, -0.2) is 0 Å². The van der Waals surface area contributed by atoms with E-state index in [0.717, 1.165) is 16.7 Å². The monoisotopic (exact) mass is 214 g/mol. The Hall–Kier alpha value is -0.730. The molecular formula is C11H15ClO2. The zero-order valence-corrected chi connectivity index (χ0v) is 9.27. The number of ether oxygens (including phenoxy) is 1. The first-order valence-electron chi connectivity index (χ1n) is 4.58. The average molecular weight is 215 g/mol. The molecule has 0 amide bonds. The van der Waals surface area contributed by atoms with E-state index in [2.05, 4.69) is 0 Å². The molecule has 0 aliphatic carbocycles. The van der Waals surface area contributed by atoms with Gasteiger partial charge < -0.3 is 9.84 Å². The number of hydrogen-bond acceptors (Lipinski definition) is 2. The van der Waals surface area contributed by atoms with Gasteiger partial charge in [0.1, 0.15) is 5.75 Å². The fourth-order valence-electron chi connectivity index (χ4n) is 1.37. The van der Waals surface area contributed by atoms with Gasteiger partial charge in [-0.15, -0.1) is 11.6 Å². The van der Waals surface area contributed by atoms with E-state index in [4.69, 9.17) is 16.3 Å². The van der Waals surface area contributed by atoms with Crippen LogP contribution in [0.5, 0.6) is 5.75 Å². The van der Waals surface area contributed by atoms with Crippen molar-refractivity contribution in [1.29, 1.82) is 0 Å². The molecule has 0 heterocycles. The standard InChI is InChI=1S/C11H15ClO2/c1-8-5-10(7-14-4-3-12)6-9(2)11(8)13/h5-6,13H,3-4,7H2,1-2H3. The first-order chi connectivity index (χ1) is 6.65. The van der Waals surface area contributed by atoms with E-state index in [-0.39, 0.29) is 0 Å². The van der Waals surface area contributed by atoms with Crippen LogP contribution in [0.2, 0.25) is 0 Å². The number of phenolic OH excluding ortho intramolecular Hbond substituents is 1. The maximum Gasteiger partial charge on any atom is 0.121 e. The van der Waals surface area contributed by atoms with Crippen molar-refractivity contribution in [2.45, 2.75) is 20.5 Å². The van der Waals surface area contributed by atoms with Crippen LogP contribution in [-0.4, -0.2) is 17.6 Å². The van der Waals surface area contributed by atoms with Gasteiger partial charge in [0.25, 0.3) is 0 Å². The van der Waals surface area contributed by atoms with Gasteiger partial charge in [0.15, 0.2) is 0 Å². The zero-order valence-electron chi connectivity index (χ0n) is 8.51. The number of aryl methyl sites for hydroxylation is 2. The minimum absolute atomic E-state index is 0.367. The summed E-state index contributed by atoms with van der Waals surface area (Å²) in [5.41, 5.74) is 2.84. The second-order valence-electron chi connectivity index (χ2n) is 3.32. The van der Waals surface area contributed by atoms with E-state index in [0.29, 0.717) is 24.8 Å². The van der Waals surface area contributed by atoms with Gasteiger partial charge in [-0.2, -0.15) is 0 Å². The normalized spacial score (nSPS) is 10.5. The molecule has 0 aliphatic rings. The molecule has 78 valence electrons. The molecule has 1 aromatic rings. The Morgan fingerprint density at radius 3 is 2.36 bits per heavy atom. The highest BCUT2D eigenvalue weighted by Gasteiger charge is 2.02. The van der Waals surface area contributed by atoms with Crippen molar-refractivity contribution in [1.82, 2.24) is 0 Å². The second-order valence-corrected chi connectivity index (χ2v) is 3.70. The molecule has 1 rings (SSSR count). The van der Waals surface area contributed by atoms with Gasteiger partial charge in [-0.05, 0) is 30.5 Å². The molecule has 0 spiro atoms. The van der Waals surface area contributed by atoms with Gasteiger partial charge in [-0.1, -0.05) is 12.1 Å². The molecule has 0 bridgehead atoms. The number of alkyl halides is 1. The van der Waals surface area contributed by atoms with Gasteiger partial charge in [0.05, 0.1) is 13.2 Å². The van der Waals surface area contributed by atoms with Crippen LogP contribution >= 0.6 is 11.6 Å². The van der Waals surface area contributed by atoms with Crippen molar-refractivity contribution < 1.29 is 9.84 Å². The summed E-state index contributed by atoms with van der Waals surface area (Å²) in [6.07, 6.45) is 0. The lowest BCUT2D eigenvalue weighted by Crippen LogP contribution is -1.97. The number of aromatic hydroxyl groups is 1. The third-order valence-electron chi connectivity index (χ3n) is 2.04. The Kier molecular flexibility index (Phi) is 4.23. The number of rotatable bonds is 4. The summed E-state index contributed by atoms with van der Waals surface area (Å²) in [6.45, 7) is 4.87. The third kappa shape index (κ3) is 2.89. The molecule has 0 radical (unpaired) electrons. The Morgan fingerprint density at radius 2 is 1.86 bits per heavy atom. The molecule has 0 saturated heterocycles. The van der Waals surface area contributed by atoms with Crippen molar-refractivity contribution in [2.75, 3.05) is 12.5 Å². The molecule has 0 aliphatic heterocycles. The Balaban J connectivity index is 2.69. The van der Waals surface area contributed by atoms with Crippen molar-refractivity contribution in [3.8, 4) is 5.75 Å². The summed E-state index contributed by atoms with van der Waals surface area (Å²) in [6, 6.07) is 3.85. The van der Waals surface area contributed by atoms with Crippen LogP contribution in [0.15, 0.2) is 12.1 Å². The second kappa shape index (κ2) is 5.23. The van der Waals surface area contributed by atoms with Crippen LogP contribution < -0.4 is 0 Å². The fourth-order valence-corrected chi connectivity index (χ4v) is 1.48. The molecule has 0 fully saturated rings. The Morgan fingerprint density at radius 1 is 1.29 bits per heavy atom. The molecule has 0 aromatic heterocycles. The zero-order chi connectivity index (χ0) is 10.6. The molecule has 0 atom stereocenters. The van der Waals surface area contributed by atoms with Crippen LogP contribution in [-0.2, 0) is 11.3 Å². The summed E-state index contributed by atoms with van der Waals surface area (Å²) >= 11 is 5.49. The van der Waals surface area contributed by atoms with Crippen molar-refractivity contribution in [3.63, 3.8) is 0 Å². The van der Waals surface area contributed by atoms with Gasteiger partial charge in [0.2, 0.25) is 0 Å². The first kappa shape index (κ1) is 11.3. The molecule has 14 heavy (non-hydrogen) atoms. The number of phenols is 1. The van der Waals surface area contributed by atoms with E-state index < -0.39 is 0 Å². The minimum atomic E-state index is 0.367. The summed E-state index contributed by atoms with van der Waals surface area (Å²) in [5, 5.41) is 9.54. The summed E-state index contributed by atoms with van der Waals surface area (Å²) < 4.78 is 5.31. The maximum absolute atomic E-state index is 9.54. The third-order valence-corrected chi connectivity index (χ3v) is 2.20. The van der Waals surface area contributed by atoms with Crippen LogP contribution in [0, 0.1) is 13.8 Å². The summed E-state index contributed by atoms with van der Waals surface area (Å²) in [7, 11) is 0. The van der Waals surface area contributed by atoms with Crippen molar-refractivity contribution in [3.05, 3.63) is 28.8 Å². The van der Waals surface area contributed by atoms with Crippen molar-refractivity contribution >= 4 is 11.6 Å². The minimum Gasteiger partial charge on any atom is -0.507 e. The van der Waals surface area contributed by atoms with E-state index in [9.17, 15) is 5.11 Å². The van der Waals surface area contributed by atoms with Crippen LogP contribution in [0.3, 0.4) is 0 Å². The number of halogens is 1. The lowest BCUT2D eigenvalue weighted by atomic mass is 10.1. The van der Waals surface area contributed by atoms with Gasteiger partial charge >= 0.3 is 0 Å². The van der Waals surface area contributed by atoms with Crippen LogP contribution in [0.25, 0.3) is 0 Å². The largest absolute Gasteiger partial charge is 0.507 e. The lowest BCUT2D eigenvalue weighted by Gasteiger charge is -2.07. The summed E-state index contributed by atoms with van der Waals surface area (Å²) in [5.74, 6) is 0.877. The average Bonchev–Trinajstić information content (AvgIpc) is 2.14. The molecule has 0 saturated carbocycles. The van der Waals surface area contributed by atoms with E-state index in [1.165, 1.54) is 0 Å². The predicted molar refractivity (Wildman–Crippen MR) is 58.0 cm³/mol. The molecular weight excluding hydrogens is 200 g/mol. The quantitative estimate of drug-likeness (QED) is 0.617. The predicted octanol–water partition coefficient (Wildman–Crippen LogP) is 2.76. The molecule has 3 heteroatoms. The highest BCUT2D eigenvalue weighted by Crippen LogP contribution is 2.23. The fraction of sp³-hybridized carbons (Fsp3) is 0.455. The van der Waals surface area contributed by atoms with Gasteiger partial charge in [-0.3, -0.25) is 0 Å². The van der Waals surface area contributed by atoms with E-state index in [1.54, 1.807) is 0 Å². The lowest BCUT2D eigenvalue weighted by molar-refractivity contribution is 0.135. The number of benzene rings is 1. The van der Waals surface area contributed by atoms with E-state index in [1.807, 2.05) is 26.0 Å². The van der Waals surface area contributed by atoms with Crippen LogP contribution in [0.4, 0.5) is 0 Å². The maximum atomic E-state index is 9.54.